The van der Waals surface area contributed by atoms with E-state index in [0.29, 0.717) is 17.1 Å². The number of amides is 2. The third-order valence-corrected chi connectivity index (χ3v) is 3.62. The van der Waals surface area contributed by atoms with E-state index in [4.69, 9.17) is 4.74 Å². The van der Waals surface area contributed by atoms with Gasteiger partial charge in [-0.3, -0.25) is 0 Å². The molecule has 1 aromatic carbocycles. The van der Waals surface area contributed by atoms with Gasteiger partial charge >= 0.3 is 6.03 Å². The third kappa shape index (κ3) is 4.22. The lowest BCUT2D eigenvalue weighted by atomic mass is 10.1. The fourth-order valence-corrected chi connectivity index (χ4v) is 2.20. The molecule has 128 valence electrons. The molecule has 2 amide bonds. The standard InChI is InChI=1S/C18H22FN3O2/c1-12(2)24-17-16(10-7-11-20-17)21-18(23)22(4)13(3)14-8-5-6-9-15(14)19/h5-13H,1-4H3,(H,21,23). The summed E-state index contributed by atoms with van der Waals surface area (Å²) >= 11 is 0. The smallest absolute Gasteiger partial charge is 0.322 e. The van der Waals surface area contributed by atoms with Crippen LogP contribution in [0.5, 0.6) is 5.88 Å². The number of anilines is 1. The maximum Gasteiger partial charge on any atom is 0.322 e. The number of pyridine rings is 1. The van der Waals surface area contributed by atoms with Gasteiger partial charge in [0.05, 0.1) is 12.1 Å². The number of benzene rings is 1. The van der Waals surface area contributed by atoms with Crippen LogP contribution in [0, 0.1) is 5.82 Å². The number of ether oxygens (including phenoxy) is 1. The van der Waals surface area contributed by atoms with Crippen LogP contribution in [0.4, 0.5) is 14.9 Å². The Labute approximate surface area is 141 Å². The Bertz CT molecular complexity index is 706. The average molecular weight is 331 g/mol. The maximum absolute atomic E-state index is 13.9. The van der Waals surface area contributed by atoms with E-state index in [0.717, 1.165) is 0 Å². The van der Waals surface area contributed by atoms with E-state index in [1.54, 1.807) is 50.5 Å². The molecule has 0 saturated heterocycles. The van der Waals surface area contributed by atoms with E-state index in [1.165, 1.54) is 11.0 Å². The van der Waals surface area contributed by atoms with Gasteiger partial charge in [-0.25, -0.2) is 14.2 Å². The van der Waals surface area contributed by atoms with E-state index in [1.807, 2.05) is 13.8 Å². The Balaban J connectivity index is 2.14. The molecule has 1 atom stereocenters. The van der Waals surface area contributed by atoms with Crippen molar-refractivity contribution < 1.29 is 13.9 Å². The van der Waals surface area contributed by atoms with E-state index >= 15 is 0 Å². The topological polar surface area (TPSA) is 54.5 Å². The molecule has 0 fully saturated rings. The number of nitrogens with zero attached hydrogens (tertiary/aromatic N) is 2. The van der Waals surface area contributed by atoms with Gasteiger partial charge in [0.15, 0.2) is 0 Å². The first-order chi connectivity index (χ1) is 11.4. The van der Waals surface area contributed by atoms with Crippen LogP contribution < -0.4 is 10.1 Å². The van der Waals surface area contributed by atoms with Crippen LogP contribution in [0.15, 0.2) is 42.6 Å². The van der Waals surface area contributed by atoms with Crippen LogP contribution in [0.2, 0.25) is 0 Å². The largest absolute Gasteiger partial charge is 0.473 e. The lowest BCUT2D eigenvalue weighted by Gasteiger charge is -2.26. The Morgan fingerprint density at radius 1 is 1.21 bits per heavy atom. The molecule has 1 unspecified atom stereocenters. The Morgan fingerprint density at radius 3 is 2.58 bits per heavy atom. The highest BCUT2D eigenvalue weighted by atomic mass is 19.1. The lowest BCUT2D eigenvalue weighted by Crippen LogP contribution is -2.34. The second-order valence-electron chi connectivity index (χ2n) is 5.76. The quantitative estimate of drug-likeness (QED) is 0.892. The Hall–Kier alpha value is -2.63. The van der Waals surface area contributed by atoms with Crippen LogP contribution in [-0.4, -0.2) is 29.1 Å². The van der Waals surface area contributed by atoms with Crippen LogP contribution in [0.25, 0.3) is 0 Å². The minimum absolute atomic E-state index is 0.0642. The number of carbonyl (C=O) groups is 1. The van der Waals surface area contributed by atoms with Crippen LogP contribution in [0.1, 0.15) is 32.4 Å². The number of halogens is 1. The fraction of sp³-hybridized carbons (Fsp3) is 0.333. The highest BCUT2D eigenvalue weighted by Crippen LogP contribution is 2.25. The molecular weight excluding hydrogens is 309 g/mol. The number of rotatable bonds is 5. The number of hydrogen-bond acceptors (Lipinski definition) is 3. The predicted octanol–water partition coefficient (Wildman–Crippen LogP) is 4.23. The third-order valence-electron chi connectivity index (χ3n) is 3.62. The molecule has 5 nitrogen and oxygen atoms in total. The first-order valence-corrected chi connectivity index (χ1v) is 7.80. The molecule has 0 spiro atoms. The van der Waals surface area contributed by atoms with Crippen molar-refractivity contribution in [2.45, 2.75) is 32.9 Å². The minimum atomic E-state index is -0.419. The molecule has 0 aliphatic carbocycles. The zero-order chi connectivity index (χ0) is 17.7. The van der Waals surface area contributed by atoms with Gasteiger partial charge in [0.25, 0.3) is 0 Å². The van der Waals surface area contributed by atoms with Crippen molar-refractivity contribution >= 4 is 11.7 Å². The Morgan fingerprint density at radius 2 is 1.92 bits per heavy atom. The molecule has 0 saturated carbocycles. The first-order valence-electron chi connectivity index (χ1n) is 7.80. The summed E-state index contributed by atoms with van der Waals surface area (Å²) in [7, 11) is 1.62. The van der Waals surface area contributed by atoms with Crippen LogP contribution in [-0.2, 0) is 0 Å². The summed E-state index contributed by atoms with van der Waals surface area (Å²) in [5, 5.41) is 2.76. The number of hydrogen-bond donors (Lipinski definition) is 1. The van der Waals surface area contributed by atoms with Crippen molar-refractivity contribution in [3.8, 4) is 5.88 Å². The number of carbonyl (C=O) groups excluding carboxylic acids is 1. The second kappa shape index (κ2) is 7.77. The molecule has 0 bridgehead atoms. The zero-order valence-electron chi connectivity index (χ0n) is 14.3. The van der Waals surface area contributed by atoms with Crippen molar-refractivity contribution in [3.05, 3.63) is 54.0 Å². The van der Waals surface area contributed by atoms with Gasteiger partial charge in [-0.1, -0.05) is 18.2 Å². The van der Waals surface area contributed by atoms with Gasteiger partial charge in [-0.15, -0.1) is 0 Å². The normalized spacial score (nSPS) is 11.9. The minimum Gasteiger partial charge on any atom is -0.473 e. The molecule has 0 radical (unpaired) electrons. The van der Waals surface area contributed by atoms with Gasteiger partial charge in [0, 0.05) is 18.8 Å². The van der Waals surface area contributed by atoms with E-state index in [9.17, 15) is 9.18 Å². The number of nitrogens with one attached hydrogen (secondary N) is 1. The number of aromatic nitrogens is 1. The fourth-order valence-electron chi connectivity index (χ4n) is 2.20. The van der Waals surface area contributed by atoms with Crippen molar-refractivity contribution in [2.75, 3.05) is 12.4 Å². The first kappa shape index (κ1) is 17.7. The summed E-state index contributed by atoms with van der Waals surface area (Å²) in [5.74, 6) is 0.0163. The molecule has 2 aromatic rings. The summed E-state index contributed by atoms with van der Waals surface area (Å²) < 4.78 is 19.5. The van der Waals surface area contributed by atoms with Gasteiger partial charge in [-0.05, 0) is 39.0 Å². The monoisotopic (exact) mass is 331 g/mol. The summed E-state index contributed by atoms with van der Waals surface area (Å²) in [6.07, 6.45) is 1.53. The lowest BCUT2D eigenvalue weighted by molar-refractivity contribution is 0.206. The molecular formula is C18H22FN3O2. The van der Waals surface area contributed by atoms with Crippen molar-refractivity contribution in [1.29, 1.82) is 0 Å². The SMILES string of the molecule is CC(C)Oc1ncccc1NC(=O)N(C)C(C)c1ccccc1F. The molecule has 24 heavy (non-hydrogen) atoms. The summed E-state index contributed by atoms with van der Waals surface area (Å²) in [6, 6.07) is 9.05. The van der Waals surface area contributed by atoms with Gasteiger partial charge < -0.3 is 15.0 Å². The molecule has 1 heterocycles. The van der Waals surface area contributed by atoms with Crippen molar-refractivity contribution in [1.82, 2.24) is 9.88 Å². The van der Waals surface area contributed by atoms with Gasteiger partial charge in [0.1, 0.15) is 11.5 Å². The summed E-state index contributed by atoms with van der Waals surface area (Å²) in [5.41, 5.74) is 0.934. The highest BCUT2D eigenvalue weighted by molar-refractivity contribution is 5.90. The maximum atomic E-state index is 13.9. The molecule has 0 aliphatic heterocycles. The second-order valence-corrected chi connectivity index (χ2v) is 5.76. The van der Waals surface area contributed by atoms with Crippen LogP contribution >= 0.6 is 0 Å². The summed E-state index contributed by atoms with van der Waals surface area (Å²) in [4.78, 5) is 18.1. The van der Waals surface area contributed by atoms with Crippen molar-refractivity contribution in [2.24, 2.45) is 0 Å². The highest BCUT2D eigenvalue weighted by Gasteiger charge is 2.21. The van der Waals surface area contributed by atoms with Crippen LogP contribution in [0.3, 0.4) is 0 Å². The van der Waals surface area contributed by atoms with E-state index in [2.05, 4.69) is 10.3 Å². The molecule has 1 N–H and O–H groups in total. The van der Waals surface area contributed by atoms with Crippen molar-refractivity contribution in [3.63, 3.8) is 0 Å². The van der Waals surface area contributed by atoms with E-state index in [-0.39, 0.29) is 18.0 Å². The zero-order valence-corrected chi connectivity index (χ0v) is 14.3. The van der Waals surface area contributed by atoms with E-state index < -0.39 is 6.04 Å². The average Bonchev–Trinajstić information content (AvgIpc) is 2.55. The summed E-state index contributed by atoms with van der Waals surface area (Å²) in [6.45, 7) is 5.53. The Kier molecular flexibility index (Phi) is 5.73. The molecule has 0 aliphatic rings. The number of urea groups is 1. The molecule has 1 aromatic heterocycles. The van der Waals surface area contributed by atoms with Gasteiger partial charge in [0.2, 0.25) is 5.88 Å². The molecule has 6 heteroatoms. The predicted molar refractivity (Wildman–Crippen MR) is 91.6 cm³/mol. The molecule has 2 rings (SSSR count). The van der Waals surface area contributed by atoms with Gasteiger partial charge in [-0.2, -0.15) is 0 Å².